The number of nitrogens with zero attached hydrogens (tertiary/aromatic N) is 3. The van der Waals surface area contributed by atoms with Crippen molar-refractivity contribution in [3.8, 4) is 11.4 Å². The van der Waals surface area contributed by atoms with Gasteiger partial charge in [0.2, 0.25) is 5.91 Å². The van der Waals surface area contributed by atoms with Crippen LogP contribution < -0.4 is 9.64 Å². The van der Waals surface area contributed by atoms with E-state index in [1.54, 1.807) is 18.1 Å². The number of unbranched alkanes of at least 4 members (excludes halogenated alkanes) is 1. The van der Waals surface area contributed by atoms with Gasteiger partial charge in [0.05, 0.1) is 29.7 Å². The summed E-state index contributed by atoms with van der Waals surface area (Å²) in [6, 6.07) is 26.8. The molecule has 0 radical (unpaired) electrons. The molecule has 0 unspecified atom stereocenters. The monoisotopic (exact) mass is 571 g/mol. The number of carbonyl (C=O) groups is 2. The van der Waals surface area contributed by atoms with Crippen LogP contribution in [0.15, 0.2) is 95.6 Å². The Morgan fingerprint density at radius 3 is 2.34 bits per heavy atom. The van der Waals surface area contributed by atoms with Gasteiger partial charge in [0, 0.05) is 17.2 Å². The minimum absolute atomic E-state index is 0.0259. The van der Waals surface area contributed by atoms with Crippen LogP contribution in [0.1, 0.15) is 47.4 Å². The third kappa shape index (κ3) is 4.86. The minimum atomic E-state index is -0.357. The molecule has 1 aliphatic heterocycles. The van der Waals surface area contributed by atoms with Gasteiger partial charge in [0.1, 0.15) is 18.3 Å². The van der Waals surface area contributed by atoms with E-state index >= 15 is 0 Å². The Balaban J connectivity index is 1.56. The van der Waals surface area contributed by atoms with Gasteiger partial charge in [-0.15, -0.1) is 0 Å². The predicted molar refractivity (Wildman–Crippen MR) is 153 cm³/mol. The Hall–Kier alpha value is -3.84. The number of fused-ring (bicyclic) bond motifs is 3. The molecule has 7 heteroatoms. The Labute approximate surface area is 231 Å². The Kier molecular flexibility index (Phi) is 7.65. The lowest BCUT2D eigenvalue weighted by Gasteiger charge is -2.39. The van der Waals surface area contributed by atoms with E-state index in [1.807, 2.05) is 90.0 Å². The zero-order valence-electron chi connectivity index (χ0n) is 21.5. The molecule has 4 aromatic rings. The molecular weight excluding hydrogens is 542 g/mol. The molecule has 3 aromatic carbocycles. The highest BCUT2D eigenvalue weighted by Crippen LogP contribution is 2.42. The first-order valence-electron chi connectivity index (χ1n) is 12.8. The van der Waals surface area contributed by atoms with Gasteiger partial charge in [-0.2, -0.15) is 0 Å². The highest BCUT2D eigenvalue weighted by atomic mass is 79.9. The van der Waals surface area contributed by atoms with Crippen LogP contribution in [0.25, 0.3) is 5.69 Å². The van der Waals surface area contributed by atoms with Gasteiger partial charge in [-0.05, 0) is 76.4 Å². The first kappa shape index (κ1) is 25.8. The summed E-state index contributed by atoms with van der Waals surface area (Å²) >= 11 is 3.51. The van der Waals surface area contributed by atoms with Gasteiger partial charge >= 0.3 is 0 Å². The number of para-hydroxylation sites is 2. The third-order valence-corrected chi connectivity index (χ3v) is 7.61. The standard InChI is InChI=1S/C31H30BrN3O3/c1-3-4-19-33(31(37)24-10-5-6-11-25(24)32)21-29(36)35-27-13-8-7-12-26(27)34-20-9-14-28(34)30(35)22-15-17-23(38-2)18-16-22/h5-18,20,30H,3-4,19,21H2,1-2H3/t30-/m1/s1. The predicted octanol–water partition coefficient (Wildman–Crippen LogP) is 6.63. The van der Waals surface area contributed by atoms with Gasteiger partial charge in [0.15, 0.2) is 0 Å². The number of carbonyl (C=O) groups excluding carboxylic acids is 2. The first-order valence-corrected chi connectivity index (χ1v) is 13.6. The number of benzene rings is 3. The number of amides is 2. The maximum Gasteiger partial charge on any atom is 0.255 e. The molecule has 1 aromatic heterocycles. The van der Waals surface area contributed by atoms with E-state index in [2.05, 4.69) is 27.4 Å². The smallest absolute Gasteiger partial charge is 0.255 e. The van der Waals surface area contributed by atoms with Gasteiger partial charge in [0.25, 0.3) is 5.91 Å². The second-order valence-corrected chi connectivity index (χ2v) is 10.1. The van der Waals surface area contributed by atoms with Gasteiger partial charge in [-0.25, -0.2) is 0 Å². The number of halogens is 1. The Morgan fingerprint density at radius 1 is 0.921 bits per heavy atom. The van der Waals surface area contributed by atoms with Crippen molar-refractivity contribution in [2.24, 2.45) is 0 Å². The van der Waals surface area contributed by atoms with E-state index in [0.29, 0.717) is 12.1 Å². The number of methoxy groups -OCH3 is 1. The van der Waals surface area contributed by atoms with E-state index in [1.165, 1.54) is 0 Å². The zero-order chi connectivity index (χ0) is 26.6. The molecule has 0 fully saturated rings. The van der Waals surface area contributed by atoms with Crippen molar-refractivity contribution >= 4 is 33.4 Å². The molecule has 0 aliphatic carbocycles. The summed E-state index contributed by atoms with van der Waals surface area (Å²) in [4.78, 5) is 31.4. The van der Waals surface area contributed by atoms with Crippen LogP contribution in [0, 0.1) is 0 Å². The Bertz CT molecular complexity index is 1450. The van der Waals surface area contributed by atoms with Gasteiger partial charge in [-0.3, -0.25) is 14.5 Å². The van der Waals surface area contributed by atoms with Crippen LogP contribution >= 0.6 is 15.9 Å². The number of aromatic nitrogens is 1. The summed E-state index contributed by atoms with van der Waals surface area (Å²) in [7, 11) is 1.64. The highest BCUT2D eigenvalue weighted by Gasteiger charge is 2.37. The Morgan fingerprint density at radius 2 is 1.63 bits per heavy atom. The van der Waals surface area contributed by atoms with Crippen molar-refractivity contribution < 1.29 is 14.3 Å². The fourth-order valence-corrected chi connectivity index (χ4v) is 5.46. The summed E-state index contributed by atoms with van der Waals surface area (Å²) in [6.07, 6.45) is 3.75. The van der Waals surface area contributed by atoms with Gasteiger partial charge in [-0.1, -0.05) is 49.7 Å². The van der Waals surface area contributed by atoms with E-state index in [0.717, 1.165) is 45.7 Å². The summed E-state index contributed by atoms with van der Waals surface area (Å²) in [5.74, 6) is 0.458. The summed E-state index contributed by atoms with van der Waals surface area (Å²) < 4.78 is 8.23. The van der Waals surface area contributed by atoms with E-state index in [9.17, 15) is 9.59 Å². The normalized spacial score (nSPS) is 14.0. The molecule has 2 amide bonds. The maximum absolute atomic E-state index is 14.3. The molecule has 0 spiro atoms. The van der Waals surface area contributed by atoms with Crippen molar-refractivity contribution in [3.63, 3.8) is 0 Å². The van der Waals surface area contributed by atoms with Crippen molar-refractivity contribution in [1.82, 2.24) is 9.47 Å². The molecule has 0 saturated carbocycles. The zero-order valence-corrected chi connectivity index (χ0v) is 23.1. The molecule has 0 saturated heterocycles. The van der Waals surface area contributed by atoms with Crippen LogP contribution in [0.4, 0.5) is 5.69 Å². The van der Waals surface area contributed by atoms with E-state index in [4.69, 9.17) is 4.74 Å². The average Bonchev–Trinajstić information content (AvgIpc) is 3.44. The molecule has 0 N–H and O–H groups in total. The molecule has 1 aliphatic rings. The van der Waals surface area contributed by atoms with Crippen LogP contribution in [-0.2, 0) is 4.79 Å². The summed E-state index contributed by atoms with van der Waals surface area (Å²) in [5, 5.41) is 0. The maximum atomic E-state index is 14.3. The molecule has 38 heavy (non-hydrogen) atoms. The quantitative estimate of drug-likeness (QED) is 0.238. The van der Waals surface area contributed by atoms with Crippen molar-refractivity contribution in [1.29, 1.82) is 0 Å². The van der Waals surface area contributed by atoms with Gasteiger partial charge < -0.3 is 14.2 Å². The molecule has 1 atom stereocenters. The second-order valence-electron chi connectivity index (χ2n) is 9.29. The summed E-state index contributed by atoms with van der Waals surface area (Å²) in [5.41, 5.74) is 4.25. The number of hydrogen-bond acceptors (Lipinski definition) is 3. The molecule has 2 heterocycles. The molecular formula is C31H30BrN3O3. The topological polar surface area (TPSA) is 54.8 Å². The lowest BCUT2D eigenvalue weighted by atomic mass is 9.97. The molecule has 0 bridgehead atoms. The first-order chi connectivity index (χ1) is 18.5. The van der Waals surface area contributed by atoms with Crippen LogP contribution in [0.5, 0.6) is 5.75 Å². The lowest BCUT2D eigenvalue weighted by molar-refractivity contribution is -0.119. The number of ether oxygens (including phenoxy) is 1. The molecule has 5 rings (SSSR count). The number of hydrogen-bond donors (Lipinski definition) is 0. The summed E-state index contributed by atoms with van der Waals surface area (Å²) in [6.45, 7) is 2.56. The number of anilines is 1. The van der Waals surface area contributed by atoms with Crippen molar-refractivity contribution in [2.75, 3.05) is 25.1 Å². The second kappa shape index (κ2) is 11.3. The molecule has 194 valence electrons. The highest BCUT2D eigenvalue weighted by molar-refractivity contribution is 9.10. The van der Waals surface area contributed by atoms with Crippen LogP contribution in [0.2, 0.25) is 0 Å². The third-order valence-electron chi connectivity index (χ3n) is 6.92. The van der Waals surface area contributed by atoms with Crippen LogP contribution in [0.3, 0.4) is 0 Å². The van der Waals surface area contributed by atoms with E-state index < -0.39 is 0 Å². The fourth-order valence-electron chi connectivity index (χ4n) is 5.01. The van der Waals surface area contributed by atoms with Crippen LogP contribution in [-0.4, -0.2) is 41.5 Å². The minimum Gasteiger partial charge on any atom is -0.497 e. The average molecular weight is 573 g/mol. The largest absolute Gasteiger partial charge is 0.497 e. The van der Waals surface area contributed by atoms with Crippen molar-refractivity contribution in [2.45, 2.75) is 25.8 Å². The molecule has 6 nitrogen and oxygen atoms in total. The van der Waals surface area contributed by atoms with Crippen molar-refractivity contribution in [3.05, 3.63) is 112 Å². The van der Waals surface area contributed by atoms with E-state index in [-0.39, 0.29) is 24.4 Å². The lowest BCUT2D eigenvalue weighted by Crippen LogP contribution is -2.47. The fraction of sp³-hybridized carbons (Fsp3) is 0.226. The SMILES string of the molecule is CCCCN(CC(=O)N1c2ccccc2-n2cccc2[C@H]1c1ccc(OC)cc1)C(=O)c1ccccc1Br. The number of rotatable bonds is 8.